The summed E-state index contributed by atoms with van der Waals surface area (Å²) in [5.41, 5.74) is 6.38. The lowest BCUT2D eigenvalue weighted by molar-refractivity contribution is 0.170. The highest BCUT2D eigenvalue weighted by Gasteiger charge is 2.12. The summed E-state index contributed by atoms with van der Waals surface area (Å²) < 4.78 is 5.66. The van der Waals surface area contributed by atoms with Gasteiger partial charge in [-0.2, -0.15) is 0 Å². The largest absolute Gasteiger partial charge is 0.492 e. The number of ether oxygens (including phenoxy) is 1. The van der Waals surface area contributed by atoms with Gasteiger partial charge in [0.05, 0.1) is 0 Å². The number of benzene rings is 1. The zero-order chi connectivity index (χ0) is 12.8. The molecule has 96 valence electrons. The molecule has 1 aromatic carbocycles. The summed E-state index contributed by atoms with van der Waals surface area (Å²) in [6.45, 7) is 8.36. The Hall–Kier alpha value is -1.22. The molecule has 0 aromatic heterocycles. The van der Waals surface area contributed by atoms with E-state index in [1.54, 1.807) is 0 Å². The Morgan fingerprint density at radius 1 is 1.18 bits per heavy atom. The molecule has 1 aromatic rings. The van der Waals surface area contributed by atoms with Gasteiger partial charge in [-0.1, -0.05) is 13.8 Å². The third-order valence-corrected chi connectivity index (χ3v) is 3.25. The Balaban J connectivity index is 2.30. The summed E-state index contributed by atoms with van der Waals surface area (Å²) in [6.07, 6.45) is 0. The summed E-state index contributed by atoms with van der Waals surface area (Å²) in [5, 5.41) is 0. The molecule has 0 saturated carbocycles. The van der Waals surface area contributed by atoms with Gasteiger partial charge in [0.15, 0.2) is 0 Å². The standard InChI is InChI=1S/C14H24N2O/c1-11(2)12(3)16(4)9-10-17-14-7-5-13(15)6-8-14/h5-8,11-12H,9-10,15H2,1-4H3. The van der Waals surface area contributed by atoms with Gasteiger partial charge >= 0.3 is 0 Å². The van der Waals surface area contributed by atoms with Crippen molar-refractivity contribution in [3.05, 3.63) is 24.3 Å². The van der Waals surface area contributed by atoms with Crippen molar-refractivity contribution >= 4 is 5.69 Å². The van der Waals surface area contributed by atoms with Crippen LogP contribution in [0.5, 0.6) is 5.75 Å². The molecular weight excluding hydrogens is 212 g/mol. The van der Waals surface area contributed by atoms with Crippen molar-refractivity contribution < 1.29 is 4.74 Å². The van der Waals surface area contributed by atoms with E-state index in [1.807, 2.05) is 24.3 Å². The second-order valence-electron chi connectivity index (χ2n) is 4.88. The second-order valence-corrected chi connectivity index (χ2v) is 4.88. The quantitative estimate of drug-likeness (QED) is 0.772. The van der Waals surface area contributed by atoms with Gasteiger partial charge in [-0.3, -0.25) is 0 Å². The first-order chi connectivity index (χ1) is 8.00. The average Bonchev–Trinajstić information content (AvgIpc) is 2.30. The van der Waals surface area contributed by atoms with Crippen LogP contribution in [0, 0.1) is 5.92 Å². The van der Waals surface area contributed by atoms with Gasteiger partial charge in [-0.15, -0.1) is 0 Å². The van der Waals surface area contributed by atoms with Crippen LogP contribution >= 0.6 is 0 Å². The molecular formula is C14H24N2O. The van der Waals surface area contributed by atoms with E-state index in [-0.39, 0.29) is 0 Å². The summed E-state index contributed by atoms with van der Waals surface area (Å²) in [6, 6.07) is 8.10. The zero-order valence-corrected chi connectivity index (χ0v) is 11.3. The van der Waals surface area contributed by atoms with E-state index in [4.69, 9.17) is 10.5 Å². The van der Waals surface area contributed by atoms with Gasteiger partial charge < -0.3 is 15.4 Å². The van der Waals surface area contributed by atoms with Gasteiger partial charge in [0.2, 0.25) is 0 Å². The lowest BCUT2D eigenvalue weighted by atomic mass is 10.1. The minimum atomic E-state index is 0.574. The molecule has 3 heteroatoms. The van der Waals surface area contributed by atoms with Crippen molar-refractivity contribution in [1.29, 1.82) is 0 Å². The zero-order valence-electron chi connectivity index (χ0n) is 11.3. The number of nitrogens with two attached hydrogens (primary N) is 1. The fourth-order valence-corrected chi connectivity index (χ4v) is 1.58. The van der Waals surface area contributed by atoms with Crippen LogP contribution in [0.4, 0.5) is 5.69 Å². The topological polar surface area (TPSA) is 38.5 Å². The van der Waals surface area contributed by atoms with E-state index in [0.717, 1.165) is 18.0 Å². The smallest absolute Gasteiger partial charge is 0.119 e. The first-order valence-corrected chi connectivity index (χ1v) is 6.19. The molecule has 0 aliphatic rings. The van der Waals surface area contributed by atoms with Crippen LogP contribution in [0.3, 0.4) is 0 Å². The van der Waals surface area contributed by atoms with Crippen LogP contribution in [-0.2, 0) is 0 Å². The number of hydrogen-bond acceptors (Lipinski definition) is 3. The van der Waals surface area contributed by atoms with Crippen LogP contribution < -0.4 is 10.5 Å². The van der Waals surface area contributed by atoms with Crippen LogP contribution in [-0.4, -0.2) is 31.1 Å². The summed E-state index contributed by atoms with van der Waals surface area (Å²) >= 11 is 0. The number of hydrogen-bond donors (Lipinski definition) is 1. The fourth-order valence-electron chi connectivity index (χ4n) is 1.58. The minimum absolute atomic E-state index is 0.574. The molecule has 0 spiro atoms. The molecule has 1 unspecified atom stereocenters. The maximum absolute atomic E-state index is 5.66. The summed E-state index contributed by atoms with van der Waals surface area (Å²) in [4.78, 5) is 2.32. The Morgan fingerprint density at radius 3 is 2.29 bits per heavy atom. The van der Waals surface area contributed by atoms with Crippen molar-refractivity contribution in [2.24, 2.45) is 5.92 Å². The second kappa shape index (κ2) is 6.50. The highest BCUT2D eigenvalue weighted by atomic mass is 16.5. The fraction of sp³-hybridized carbons (Fsp3) is 0.571. The Morgan fingerprint density at radius 2 is 1.76 bits per heavy atom. The van der Waals surface area contributed by atoms with E-state index in [1.165, 1.54) is 0 Å². The molecule has 0 radical (unpaired) electrons. The van der Waals surface area contributed by atoms with Gasteiger partial charge in [-0.25, -0.2) is 0 Å². The predicted octanol–water partition coefficient (Wildman–Crippen LogP) is 2.62. The summed E-state index contributed by atoms with van der Waals surface area (Å²) in [5.74, 6) is 1.54. The van der Waals surface area contributed by atoms with Crippen LogP contribution in [0.1, 0.15) is 20.8 Å². The Labute approximate surface area is 105 Å². The molecule has 3 nitrogen and oxygen atoms in total. The molecule has 2 N–H and O–H groups in total. The SMILES string of the molecule is CC(C)C(C)N(C)CCOc1ccc(N)cc1. The van der Waals surface area contributed by atoms with Crippen LogP contribution in [0.15, 0.2) is 24.3 Å². The van der Waals surface area contributed by atoms with E-state index in [0.29, 0.717) is 18.6 Å². The predicted molar refractivity (Wildman–Crippen MR) is 73.3 cm³/mol. The molecule has 0 amide bonds. The van der Waals surface area contributed by atoms with E-state index in [2.05, 4.69) is 32.7 Å². The molecule has 0 bridgehead atoms. The molecule has 0 aliphatic heterocycles. The first-order valence-electron chi connectivity index (χ1n) is 6.19. The normalized spacial score (nSPS) is 13.1. The van der Waals surface area contributed by atoms with E-state index >= 15 is 0 Å². The summed E-state index contributed by atoms with van der Waals surface area (Å²) in [7, 11) is 2.14. The van der Waals surface area contributed by atoms with E-state index in [9.17, 15) is 0 Å². The van der Waals surface area contributed by atoms with Gasteiger partial charge in [0.25, 0.3) is 0 Å². The maximum Gasteiger partial charge on any atom is 0.119 e. The first kappa shape index (κ1) is 13.8. The number of nitrogens with zero attached hydrogens (tertiary/aromatic N) is 1. The van der Waals surface area contributed by atoms with Crippen molar-refractivity contribution in [3.63, 3.8) is 0 Å². The third kappa shape index (κ3) is 4.65. The minimum Gasteiger partial charge on any atom is -0.492 e. The van der Waals surface area contributed by atoms with Gasteiger partial charge in [-0.05, 0) is 44.2 Å². The van der Waals surface area contributed by atoms with Crippen molar-refractivity contribution in [2.75, 3.05) is 25.9 Å². The van der Waals surface area contributed by atoms with Crippen LogP contribution in [0.25, 0.3) is 0 Å². The van der Waals surface area contributed by atoms with Crippen molar-refractivity contribution in [3.8, 4) is 5.75 Å². The van der Waals surface area contributed by atoms with Crippen molar-refractivity contribution in [2.45, 2.75) is 26.8 Å². The number of nitrogen functional groups attached to an aromatic ring is 1. The highest BCUT2D eigenvalue weighted by Crippen LogP contribution is 2.13. The highest BCUT2D eigenvalue weighted by molar-refractivity contribution is 5.41. The monoisotopic (exact) mass is 236 g/mol. The average molecular weight is 236 g/mol. The molecule has 0 fully saturated rings. The Bertz CT molecular complexity index is 321. The van der Waals surface area contributed by atoms with Gasteiger partial charge in [0, 0.05) is 18.3 Å². The van der Waals surface area contributed by atoms with Gasteiger partial charge in [0.1, 0.15) is 12.4 Å². The lowest BCUT2D eigenvalue weighted by Crippen LogP contribution is -2.36. The number of likely N-dealkylation sites (N-methyl/N-ethyl adjacent to an activating group) is 1. The molecule has 0 heterocycles. The molecule has 1 rings (SSSR count). The maximum atomic E-state index is 5.66. The number of rotatable bonds is 6. The Kier molecular flexibility index (Phi) is 5.29. The molecule has 0 aliphatic carbocycles. The molecule has 0 saturated heterocycles. The van der Waals surface area contributed by atoms with Crippen LogP contribution in [0.2, 0.25) is 0 Å². The number of anilines is 1. The molecule has 1 atom stereocenters. The lowest BCUT2D eigenvalue weighted by Gasteiger charge is -2.27. The van der Waals surface area contributed by atoms with E-state index < -0.39 is 0 Å². The third-order valence-electron chi connectivity index (χ3n) is 3.25. The van der Waals surface area contributed by atoms with Crippen molar-refractivity contribution in [1.82, 2.24) is 4.90 Å². The molecule has 17 heavy (non-hydrogen) atoms.